The lowest BCUT2D eigenvalue weighted by molar-refractivity contribution is -0.301. The van der Waals surface area contributed by atoms with Crippen molar-refractivity contribution < 1.29 is 31.1 Å². The van der Waals surface area contributed by atoms with Gasteiger partial charge in [-0.25, -0.2) is 4.98 Å². The number of nitrogens with zero attached hydrogens (tertiary/aromatic N) is 3. The van der Waals surface area contributed by atoms with E-state index in [2.05, 4.69) is 19.7 Å². The maximum absolute atomic E-state index is 12.0. The highest BCUT2D eigenvalue weighted by Gasteiger charge is 2.59. The van der Waals surface area contributed by atoms with Gasteiger partial charge in [0.15, 0.2) is 0 Å². The summed E-state index contributed by atoms with van der Waals surface area (Å²) < 4.78 is 75.5. The molecule has 0 spiro atoms. The van der Waals surface area contributed by atoms with Crippen LogP contribution in [0.1, 0.15) is 0 Å². The number of aromatic nitrogens is 3. The molecule has 0 saturated heterocycles. The van der Waals surface area contributed by atoms with Gasteiger partial charge in [-0.2, -0.15) is 36.3 Å². The van der Waals surface area contributed by atoms with Gasteiger partial charge in [0.25, 0.3) is 6.10 Å². The number of alkyl halides is 6. The van der Waals surface area contributed by atoms with Gasteiger partial charge in [-0.05, 0) is 0 Å². The third kappa shape index (κ3) is 3.21. The van der Waals surface area contributed by atoms with Gasteiger partial charge in [0.1, 0.15) is 12.7 Å². The number of ether oxygens (including phenoxy) is 1. The van der Waals surface area contributed by atoms with Crippen molar-refractivity contribution in [3.8, 4) is 6.01 Å². The van der Waals surface area contributed by atoms with E-state index >= 15 is 0 Å². The van der Waals surface area contributed by atoms with Crippen LogP contribution in [-0.2, 0) is 0 Å². The van der Waals surface area contributed by atoms with Crippen LogP contribution >= 0.6 is 0 Å². The fourth-order valence-electron chi connectivity index (χ4n) is 0.714. The van der Waals surface area contributed by atoms with Crippen LogP contribution in [0.15, 0.2) is 12.7 Å². The average Bonchev–Trinajstić information content (AvgIpc) is 2.12. The van der Waals surface area contributed by atoms with E-state index in [0.717, 1.165) is 0 Å². The molecule has 1 aromatic heterocycles. The third-order valence-electron chi connectivity index (χ3n) is 1.29. The largest absolute Gasteiger partial charge is 0.440 e. The van der Waals surface area contributed by atoms with Crippen molar-refractivity contribution >= 4 is 0 Å². The zero-order chi connectivity index (χ0) is 12.4. The Bertz CT molecular complexity index is 322. The van der Waals surface area contributed by atoms with Crippen molar-refractivity contribution in [1.29, 1.82) is 0 Å². The molecule has 1 heterocycles. The Kier molecular flexibility index (Phi) is 3.19. The summed E-state index contributed by atoms with van der Waals surface area (Å²) in [5.41, 5.74) is 0. The number of hydrogen-bond acceptors (Lipinski definition) is 4. The molecular weight excluding hydrogens is 244 g/mol. The van der Waals surface area contributed by atoms with Crippen LogP contribution in [0.4, 0.5) is 26.3 Å². The van der Waals surface area contributed by atoms with Crippen LogP contribution in [-0.4, -0.2) is 33.4 Å². The molecule has 1 aromatic rings. The highest BCUT2D eigenvalue weighted by atomic mass is 19.4. The first-order chi connectivity index (χ1) is 7.21. The van der Waals surface area contributed by atoms with E-state index in [-0.39, 0.29) is 0 Å². The van der Waals surface area contributed by atoms with E-state index in [1.54, 1.807) is 0 Å². The zero-order valence-corrected chi connectivity index (χ0v) is 7.25. The van der Waals surface area contributed by atoms with Gasteiger partial charge in [0, 0.05) is 0 Å². The van der Waals surface area contributed by atoms with Gasteiger partial charge in [0.05, 0.1) is 0 Å². The van der Waals surface area contributed by atoms with E-state index in [1.165, 1.54) is 0 Å². The van der Waals surface area contributed by atoms with Crippen molar-refractivity contribution in [1.82, 2.24) is 15.0 Å². The Morgan fingerprint density at radius 1 is 0.938 bits per heavy atom. The molecule has 0 saturated carbocycles. The molecule has 0 radical (unpaired) electrons. The normalized spacial score (nSPS) is 12.9. The van der Waals surface area contributed by atoms with Crippen LogP contribution in [0, 0.1) is 0 Å². The average molecular weight is 247 g/mol. The topological polar surface area (TPSA) is 47.9 Å². The molecule has 16 heavy (non-hydrogen) atoms. The minimum absolute atomic E-state index is 0.714. The molecule has 0 aliphatic rings. The molecular formula is C6H3F6N3O. The van der Waals surface area contributed by atoms with Crippen LogP contribution < -0.4 is 4.74 Å². The highest BCUT2D eigenvalue weighted by Crippen LogP contribution is 2.35. The summed E-state index contributed by atoms with van der Waals surface area (Å²) in [5.74, 6) is 0. The Morgan fingerprint density at radius 3 is 1.75 bits per heavy atom. The molecule has 0 fully saturated rings. The second kappa shape index (κ2) is 4.10. The lowest BCUT2D eigenvalue weighted by Crippen LogP contribution is -2.46. The molecule has 0 aliphatic carbocycles. The standard InChI is InChI=1S/C6H3F6N3O/c7-5(8,9)3(6(10,11)12)16-4-14-1-13-2-15-4/h1-3H. The lowest BCUT2D eigenvalue weighted by atomic mass is 10.3. The van der Waals surface area contributed by atoms with Crippen LogP contribution in [0.25, 0.3) is 0 Å². The fraction of sp³-hybridized carbons (Fsp3) is 0.500. The molecule has 0 atom stereocenters. The smallest absolute Gasteiger partial charge is 0.434 e. The fourth-order valence-corrected chi connectivity index (χ4v) is 0.714. The van der Waals surface area contributed by atoms with Gasteiger partial charge >= 0.3 is 18.4 Å². The summed E-state index contributed by atoms with van der Waals surface area (Å²) in [4.78, 5) is 9.21. The third-order valence-corrected chi connectivity index (χ3v) is 1.29. The Balaban J connectivity index is 2.89. The minimum atomic E-state index is -5.59. The van der Waals surface area contributed by atoms with Gasteiger partial charge in [-0.1, -0.05) is 0 Å². The zero-order valence-electron chi connectivity index (χ0n) is 7.25. The molecule has 0 aliphatic heterocycles. The first-order valence-corrected chi connectivity index (χ1v) is 3.63. The van der Waals surface area contributed by atoms with E-state index in [1.807, 2.05) is 0 Å². The second-order valence-electron chi connectivity index (χ2n) is 2.50. The van der Waals surface area contributed by atoms with Crippen molar-refractivity contribution in [2.24, 2.45) is 0 Å². The summed E-state index contributed by atoms with van der Waals surface area (Å²) in [6.07, 6.45) is -13.7. The van der Waals surface area contributed by atoms with Crippen molar-refractivity contribution in [2.45, 2.75) is 18.5 Å². The monoisotopic (exact) mass is 247 g/mol. The quantitative estimate of drug-likeness (QED) is 0.747. The molecule has 0 unspecified atom stereocenters. The maximum atomic E-state index is 12.0. The maximum Gasteiger partial charge on any atom is 0.434 e. The first kappa shape index (κ1) is 12.5. The summed E-state index contributed by atoms with van der Waals surface area (Å²) in [7, 11) is 0. The minimum Gasteiger partial charge on any atom is -0.440 e. The van der Waals surface area contributed by atoms with E-state index < -0.39 is 24.5 Å². The van der Waals surface area contributed by atoms with Crippen LogP contribution in [0.5, 0.6) is 6.01 Å². The SMILES string of the molecule is FC(F)(F)C(Oc1ncncn1)C(F)(F)F. The van der Waals surface area contributed by atoms with Gasteiger partial charge in [-0.15, -0.1) is 0 Å². The van der Waals surface area contributed by atoms with E-state index in [4.69, 9.17) is 0 Å². The molecule has 90 valence electrons. The van der Waals surface area contributed by atoms with Gasteiger partial charge < -0.3 is 4.74 Å². The second-order valence-corrected chi connectivity index (χ2v) is 2.50. The molecule has 0 aromatic carbocycles. The van der Waals surface area contributed by atoms with Crippen molar-refractivity contribution in [3.63, 3.8) is 0 Å². The number of halogens is 6. The molecule has 0 amide bonds. The Hall–Kier alpha value is -1.61. The van der Waals surface area contributed by atoms with Crippen LogP contribution in [0.2, 0.25) is 0 Å². The summed E-state index contributed by atoms with van der Waals surface area (Å²) >= 11 is 0. The Morgan fingerprint density at radius 2 is 1.38 bits per heavy atom. The molecule has 0 bridgehead atoms. The van der Waals surface area contributed by atoms with Crippen LogP contribution in [0.3, 0.4) is 0 Å². The summed E-state index contributed by atoms with van der Waals surface area (Å²) in [5, 5.41) is 0. The number of rotatable bonds is 2. The summed E-state index contributed by atoms with van der Waals surface area (Å²) in [6.45, 7) is 0. The molecule has 1 rings (SSSR count). The van der Waals surface area contributed by atoms with Crippen molar-refractivity contribution in [3.05, 3.63) is 12.7 Å². The highest BCUT2D eigenvalue weighted by molar-refractivity contribution is 4.92. The van der Waals surface area contributed by atoms with Crippen molar-refractivity contribution in [2.75, 3.05) is 0 Å². The summed E-state index contributed by atoms with van der Waals surface area (Å²) in [6, 6.07) is -1.05. The molecule has 4 nitrogen and oxygen atoms in total. The molecule has 0 N–H and O–H groups in total. The first-order valence-electron chi connectivity index (χ1n) is 3.63. The Labute approximate surface area is 84.3 Å². The number of hydrogen-bond donors (Lipinski definition) is 0. The molecule has 10 heteroatoms. The van der Waals surface area contributed by atoms with E-state index in [0.29, 0.717) is 12.7 Å². The van der Waals surface area contributed by atoms with Gasteiger partial charge in [0.2, 0.25) is 0 Å². The van der Waals surface area contributed by atoms with Gasteiger partial charge in [-0.3, -0.25) is 0 Å². The predicted molar refractivity (Wildman–Crippen MR) is 36.4 cm³/mol. The van der Waals surface area contributed by atoms with E-state index in [9.17, 15) is 26.3 Å². The predicted octanol–water partition coefficient (Wildman–Crippen LogP) is 1.74. The lowest BCUT2D eigenvalue weighted by Gasteiger charge is -2.22.